The highest BCUT2D eigenvalue weighted by atomic mass is 32.2. The van der Waals surface area contributed by atoms with Gasteiger partial charge < -0.3 is 5.73 Å². The third kappa shape index (κ3) is 2.24. The van der Waals surface area contributed by atoms with E-state index in [9.17, 15) is 0 Å². The molecule has 74 valence electrons. The minimum absolute atomic E-state index is 0.603. The first-order valence-corrected chi connectivity index (χ1v) is 5.82. The average molecular weight is 227 g/mol. The molecule has 0 aliphatic carbocycles. The summed E-state index contributed by atoms with van der Waals surface area (Å²) in [5.41, 5.74) is 6.48. The molecule has 2 aromatic rings. The standard InChI is InChI=1S/C7H9N5S2/c1-4-9-7(12-11-4)14-3-5-2-13-6(8)10-5/h2H,3H2,1H3,(H2,8,10)(H,9,11,12). The molecule has 7 heteroatoms. The van der Waals surface area contributed by atoms with Crippen LogP contribution in [-0.2, 0) is 5.75 Å². The van der Waals surface area contributed by atoms with Crippen molar-refractivity contribution in [3.8, 4) is 0 Å². The molecule has 2 rings (SSSR count). The van der Waals surface area contributed by atoms with Crippen molar-refractivity contribution in [1.82, 2.24) is 20.2 Å². The van der Waals surface area contributed by atoms with Gasteiger partial charge in [0.2, 0.25) is 5.16 Å². The van der Waals surface area contributed by atoms with E-state index in [-0.39, 0.29) is 0 Å². The fourth-order valence-corrected chi connectivity index (χ4v) is 2.32. The SMILES string of the molecule is Cc1nc(SCc2csc(N)n2)n[nH]1. The molecule has 0 unspecified atom stereocenters. The monoisotopic (exact) mass is 227 g/mol. The van der Waals surface area contributed by atoms with E-state index in [1.165, 1.54) is 11.3 Å². The van der Waals surface area contributed by atoms with Crippen LogP contribution in [0, 0.1) is 6.92 Å². The number of rotatable bonds is 3. The summed E-state index contributed by atoms with van der Waals surface area (Å²) in [6, 6.07) is 0. The molecule has 0 saturated carbocycles. The number of H-pyrrole nitrogens is 1. The van der Waals surface area contributed by atoms with Gasteiger partial charge in [0.05, 0.1) is 5.69 Å². The van der Waals surface area contributed by atoms with Gasteiger partial charge in [-0.2, -0.15) is 0 Å². The molecule has 5 nitrogen and oxygen atoms in total. The molecule has 0 saturated heterocycles. The van der Waals surface area contributed by atoms with Gasteiger partial charge in [-0.3, -0.25) is 5.10 Å². The van der Waals surface area contributed by atoms with E-state index in [1.807, 2.05) is 12.3 Å². The number of nitrogens with two attached hydrogens (primary N) is 1. The van der Waals surface area contributed by atoms with Crippen molar-refractivity contribution in [2.24, 2.45) is 0 Å². The highest BCUT2D eigenvalue weighted by molar-refractivity contribution is 7.98. The van der Waals surface area contributed by atoms with E-state index >= 15 is 0 Å². The van der Waals surface area contributed by atoms with Crippen LogP contribution in [-0.4, -0.2) is 20.2 Å². The average Bonchev–Trinajstić information content (AvgIpc) is 2.72. The van der Waals surface area contributed by atoms with Crippen molar-refractivity contribution in [2.45, 2.75) is 17.8 Å². The lowest BCUT2D eigenvalue weighted by Gasteiger charge is -1.90. The van der Waals surface area contributed by atoms with Gasteiger partial charge in [0, 0.05) is 11.1 Å². The van der Waals surface area contributed by atoms with Crippen LogP contribution in [0.25, 0.3) is 0 Å². The zero-order chi connectivity index (χ0) is 9.97. The molecule has 3 N–H and O–H groups in total. The van der Waals surface area contributed by atoms with Gasteiger partial charge in [0.15, 0.2) is 5.13 Å². The predicted octanol–water partition coefficient (Wildman–Crippen LogP) is 1.44. The minimum atomic E-state index is 0.603. The van der Waals surface area contributed by atoms with Crippen LogP contribution in [0.4, 0.5) is 5.13 Å². The first kappa shape index (κ1) is 9.47. The van der Waals surface area contributed by atoms with Crippen LogP contribution < -0.4 is 5.73 Å². The Morgan fingerprint density at radius 1 is 1.57 bits per heavy atom. The summed E-state index contributed by atoms with van der Waals surface area (Å²) in [7, 11) is 0. The quantitative estimate of drug-likeness (QED) is 0.776. The Morgan fingerprint density at radius 2 is 2.43 bits per heavy atom. The number of nitrogens with one attached hydrogen (secondary N) is 1. The second-order valence-corrected chi connectivity index (χ2v) is 4.50. The number of hydrogen-bond donors (Lipinski definition) is 2. The maximum atomic E-state index is 5.51. The van der Waals surface area contributed by atoms with E-state index in [1.54, 1.807) is 11.8 Å². The van der Waals surface area contributed by atoms with E-state index in [4.69, 9.17) is 5.73 Å². The van der Waals surface area contributed by atoms with Crippen molar-refractivity contribution in [3.05, 3.63) is 16.9 Å². The lowest BCUT2D eigenvalue weighted by molar-refractivity contribution is 0.968. The zero-order valence-electron chi connectivity index (χ0n) is 7.52. The third-order valence-corrected chi connectivity index (χ3v) is 3.10. The second-order valence-electron chi connectivity index (χ2n) is 2.67. The Hall–Kier alpha value is -1.08. The van der Waals surface area contributed by atoms with E-state index < -0.39 is 0 Å². The van der Waals surface area contributed by atoms with Crippen LogP contribution in [0.3, 0.4) is 0 Å². The largest absolute Gasteiger partial charge is 0.375 e. The van der Waals surface area contributed by atoms with E-state index in [2.05, 4.69) is 20.2 Å². The van der Waals surface area contributed by atoms with Gasteiger partial charge in [-0.1, -0.05) is 11.8 Å². The summed E-state index contributed by atoms with van der Waals surface area (Å²) in [5.74, 6) is 1.58. The smallest absolute Gasteiger partial charge is 0.208 e. The van der Waals surface area contributed by atoms with Crippen LogP contribution >= 0.6 is 23.1 Å². The maximum absolute atomic E-state index is 5.51. The number of thioether (sulfide) groups is 1. The molecule has 0 aliphatic rings. The summed E-state index contributed by atoms with van der Waals surface area (Å²) < 4.78 is 0. The summed E-state index contributed by atoms with van der Waals surface area (Å²) in [5, 5.41) is 10.1. The van der Waals surface area contributed by atoms with Crippen LogP contribution in [0.2, 0.25) is 0 Å². The number of aromatic nitrogens is 4. The van der Waals surface area contributed by atoms with E-state index in [0.717, 1.165) is 22.4 Å². The molecular weight excluding hydrogens is 218 g/mol. The molecule has 0 atom stereocenters. The lowest BCUT2D eigenvalue weighted by Crippen LogP contribution is -1.85. The van der Waals surface area contributed by atoms with Crippen LogP contribution in [0.1, 0.15) is 11.5 Å². The fraction of sp³-hybridized carbons (Fsp3) is 0.286. The number of thiazole rings is 1. The number of aromatic amines is 1. The van der Waals surface area contributed by atoms with E-state index in [0.29, 0.717) is 5.13 Å². The van der Waals surface area contributed by atoms with Crippen LogP contribution in [0.5, 0.6) is 0 Å². The first-order valence-electron chi connectivity index (χ1n) is 3.96. The molecule has 2 aromatic heterocycles. The molecule has 0 radical (unpaired) electrons. The van der Waals surface area contributed by atoms with Gasteiger partial charge in [0.25, 0.3) is 0 Å². The second kappa shape index (κ2) is 3.97. The highest BCUT2D eigenvalue weighted by Gasteiger charge is 2.03. The minimum Gasteiger partial charge on any atom is -0.375 e. The number of aryl methyl sites for hydroxylation is 1. The molecule has 0 spiro atoms. The van der Waals surface area contributed by atoms with Crippen molar-refractivity contribution >= 4 is 28.2 Å². The molecule has 0 aromatic carbocycles. The Kier molecular flexibility index (Phi) is 2.69. The predicted molar refractivity (Wildman–Crippen MR) is 57.2 cm³/mol. The maximum Gasteiger partial charge on any atom is 0.208 e. The molecule has 14 heavy (non-hydrogen) atoms. The topological polar surface area (TPSA) is 80.5 Å². The van der Waals surface area contributed by atoms with Crippen molar-refractivity contribution in [2.75, 3.05) is 5.73 Å². The molecule has 0 aliphatic heterocycles. The number of hydrogen-bond acceptors (Lipinski definition) is 6. The fourth-order valence-electron chi connectivity index (χ4n) is 0.914. The Morgan fingerprint density at radius 3 is 3.00 bits per heavy atom. The molecule has 0 amide bonds. The van der Waals surface area contributed by atoms with Gasteiger partial charge in [-0.15, -0.1) is 16.4 Å². The lowest BCUT2D eigenvalue weighted by atomic mass is 10.6. The molecule has 0 fully saturated rings. The Labute approximate surface area is 89.2 Å². The van der Waals surface area contributed by atoms with Crippen LogP contribution in [0.15, 0.2) is 10.5 Å². The van der Waals surface area contributed by atoms with Gasteiger partial charge in [0.1, 0.15) is 5.82 Å². The normalized spacial score (nSPS) is 10.6. The van der Waals surface area contributed by atoms with Crippen molar-refractivity contribution < 1.29 is 0 Å². The van der Waals surface area contributed by atoms with Gasteiger partial charge >= 0.3 is 0 Å². The summed E-state index contributed by atoms with van der Waals surface area (Å²) >= 11 is 2.99. The summed E-state index contributed by atoms with van der Waals surface area (Å²) in [6.45, 7) is 1.87. The van der Waals surface area contributed by atoms with Gasteiger partial charge in [-0.25, -0.2) is 9.97 Å². The molecule has 0 bridgehead atoms. The number of nitrogens with zero attached hydrogens (tertiary/aromatic N) is 3. The molecule has 2 heterocycles. The summed E-state index contributed by atoms with van der Waals surface area (Å²) in [6.07, 6.45) is 0. The Balaban J connectivity index is 1.94. The zero-order valence-corrected chi connectivity index (χ0v) is 9.15. The third-order valence-electron chi connectivity index (χ3n) is 1.50. The number of nitrogen functional groups attached to an aromatic ring is 1. The Bertz CT molecular complexity index is 381. The van der Waals surface area contributed by atoms with Crippen molar-refractivity contribution in [1.29, 1.82) is 0 Å². The van der Waals surface area contributed by atoms with Crippen molar-refractivity contribution in [3.63, 3.8) is 0 Å². The summed E-state index contributed by atoms with van der Waals surface area (Å²) in [4.78, 5) is 8.32. The van der Waals surface area contributed by atoms with Gasteiger partial charge in [-0.05, 0) is 6.92 Å². The first-order chi connectivity index (χ1) is 6.74. The number of anilines is 1. The molecular formula is C7H9N5S2. The highest BCUT2D eigenvalue weighted by Crippen LogP contribution is 2.20.